The SMILES string of the molecule is O=C(NCc1ccc(Cn2cncn2)cc1)c1ccc(NC(=O)C2CC2)cc1. The molecule has 1 heterocycles. The molecule has 28 heavy (non-hydrogen) atoms. The summed E-state index contributed by atoms with van der Waals surface area (Å²) in [6.45, 7) is 1.11. The van der Waals surface area contributed by atoms with Gasteiger partial charge >= 0.3 is 0 Å². The summed E-state index contributed by atoms with van der Waals surface area (Å²) >= 11 is 0. The maximum atomic E-state index is 12.3. The molecule has 1 fully saturated rings. The molecule has 1 aliphatic rings. The van der Waals surface area contributed by atoms with Gasteiger partial charge in [0.2, 0.25) is 5.91 Å². The Balaban J connectivity index is 1.28. The van der Waals surface area contributed by atoms with Gasteiger partial charge in [0, 0.05) is 23.7 Å². The third kappa shape index (κ3) is 4.62. The topological polar surface area (TPSA) is 88.9 Å². The first-order valence-corrected chi connectivity index (χ1v) is 9.27. The van der Waals surface area contributed by atoms with E-state index in [1.165, 1.54) is 6.33 Å². The molecule has 1 aliphatic carbocycles. The number of benzene rings is 2. The maximum Gasteiger partial charge on any atom is 0.251 e. The summed E-state index contributed by atoms with van der Waals surface area (Å²) in [4.78, 5) is 28.0. The highest BCUT2D eigenvalue weighted by Gasteiger charge is 2.29. The highest BCUT2D eigenvalue weighted by molar-refractivity contribution is 5.96. The monoisotopic (exact) mass is 375 g/mol. The predicted octanol–water partition coefficient (Wildman–Crippen LogP) is 2.60. The Bertz CT molecular complexity index is 945. The number of nitrogens with one attached hydrogen (secondary N) is 2. The number of aromatic nitrogens is 3. The van der Waals surface area contributed by atoms with Gasteiger partial charge in [-0.2, -0.15) is 5.10 Å². The van der Waals surface area contributed by atoms with Gasteiger partial charge in [-0.1, -0.05) is 24.3 Å². The highest BCUT2D eigenvalue weighted by Crippen LogP contribution is 2.30. The predicted molar refractivity (Wildman–Crippen MR) is 105 cm³/mol. The van der Waals surface area contributed by atoms with Gasteiger partial charge in [-0.25, -0.2) is 9.67 Å². The van der Waals surface area contributed by atoms with Crippen molar-refractivity contribution in [3.63, 3.8) is 0 Å². The lowest BCUT2D eigenvalue weighted by atomic mass is 10.1. The molecule has 0 radical (unpaired) electrons. The third-order valence-electron chi connectivity index (χ3n) is 4.65. The quantitative estimate of drug-likeness (QED) is 0.664. The van der Waals surface area contributed by atoms with Gasteiger partial charge in [0.15, 0.2) is 0 Å². The molecule has 7 heteroatoms. The summed E-state index contributed by atoms with van der Waals surface area (Å²) in [7, 11) is 0. The van der Waals surface area contributed by atoms with Crippen molar-refractivity contribution in [2.45, 2.75) is 25.9 Å². The van der Waals surface area contributed by atoms with Crippen LogP contribution in [0.5, 0.6) is 0 Å². The maximum absolute atomic E-state index is 12.3. The van der Waals surface area contributed by atoms with Crippen LogP contribution in [0.3, 0.4) is 0 Å². The van der Waals surface area contributed by atoms with E-state index in [1.807, 2.05) is 24.3 Å². The average Bonchev–Trinajstić information content (AvgIpc) is 3.45. The van der Waals surface area contributed by atoms with Gasteiger partial charge in [0.1, 0.15) is 12.7 Å². The van der Waals surface area contributed by atoms with Crippen LogP contribution in [0.25, 0.3) is 0 Å². The van der Waals surface area contributed by atoms with Crippen LogP contribution < -0.4 is 10.6 Å². The molecule has 0 aliphatic heterocycles. The Morgan fingerprint density at radius 2 is 1.71 bits per heavy atom. The van der Waals surface area contributed by atoms with Crippen molar-refractivity contribution in [1.29, 1.82) is 0 Å². The minimum absolute atomic E-state index is 0.0597. The molecular formula is C21H21N5O2. The number of nitrogens with zero attached hydrogens (tertiary/aromatic N) is 3. The summed E-state index contributed by atoms with van der Waals surface area (Å²) in [6, 6.07) is 15.0. The first kappa shape index (κ1) is 17.9. The van der Waals surface area contributed by atoms with Crippen LogP contribution in [0.2, 0.25) is 0 Å². The molecule has 4 rings (SSSR count). The van der Waals surface area contributed by atoms with Gasteiger partial charge < -0.3 is 10.6 Å². The van der Waals surface area contributed by atoms with E-state index in [4.69, 9.17) is 0 Å². The minimum Gasteiger partial charge on any atom is -0.348 e. The Hall–Kier alpha value is -3.48. The number of carbonyl (C=O) groups excluding carboxylic acids is 2. The number of hydrogen-bond acceptors (Lipinski definition) is 4. The van der Waals surface area contributed by atoms with E-state index in [0.717, 1.165) is 29.7 Å². The Kier molecular flexibility index (Phi) is 5.14. The van der Waals surface area contributed by atoms with E-state index in [-0.39, 0.29) is 17.7 Å². The number of anilines is 1. The fourth-order valence-electron chi connectivity index (χ4n) is 2.84. The summed E-state index contributed by atoms with van der Waals surface area (Å²) in [6.07, 6.45) is 5.12. The van der Waals surface area contributed by atoms with Crippen LogP contribution >= 0.6 is 0 Å². The summed E-state index contributed by atoms with van der Waals surface area (Å²) < 4.78 is 1.76. The smallest absolute Gasteiger partial charge is 0.251 e. The fourth-order valence-corrected chi connectivity index (χ4v) is 2.84. The molecule has 0 spiro atoms. The van der Waals surface area contributed by atoms with Crippen LogP contribution in [0.15, 0.2) is 61.2 Å². The Morgan fingerprint density at radius 1 is 1.00 bits per heavy atom. The van der Waals surface area contributed by atoms with Gasteiger partial charge in [-0.15, -0.1) is 0 Å². The van der Waals surface area contributed by atoms with Crippen LogP contribution in [0.1, 0.15) is 34.3 Å². The Labute approximate surface area is 162 Å². The molecule has 0 unspecified atom stereocenters. The van der Waals surface area contributed by atoms with E-state index in [0.29, 0.717) is 18.7 Å². The third-order valence-corrected chi connectivity index (χ3v) is 4.65. The first-order chi connectivity index (χ1) is 13.7. The lowest BCUT2D eigenvalue weighted by molar-refractivity contribution is -0.117. The van der Waals surface area contributed by atoms with Crippen molar-refractivity contribution in [3.8, 4) is 0 Å². The van der Waals surface area contributed by atoms with E-state index >= 15 is 0 Å². The van der Waals surface area contributed by atoms with Crippen LogP contribution in [-0.2, 0) is 17.9 Å². The second kappa shape index (κ2) is 8.04. The lowest BCUT2D eigenvalue weighted by Crippen LogP contribution is -2.22. The molecule has 2 N–H and O–H groups in total. The van der Waals surface area contributed by atoms with Crippen molar-refractivity contribution in [3.05, 3.63) is 77.9 Å². The number of rotatable bonds is 7. The van der Waals surface area contributed by atoms with Crippen LogP contribution in [0, 0.1) is 5.92 Å². The molecule has 0 atom stereocenters. The zero-order valence-electron chi connectivity index (χ0n) is 15.3. The van der Waals surface area contributed by atoms with Crippen molar-refractivity contribution in [2.75, 3.05) is 5.32 Å². The van der Waals surface area contributed by atoms with Crippen molar-refractivity contribution >= 4 is 17.5 Å². The molecule has 3 aromatic rings. The molecule has 1 saturated carbocycles. The molecule has 1 aromatic heterocycles. The van der Waals surface area contributed by atoms with Crippen LogP contribution in [-0.4, -0.2) is 26.6 Å². The molecule has 2 aromatic carbocycles. The zero-order chi connectivity index (χ0) is 19.3. The summed E-state index contributed by atoms with van der Waals surface area (Å²) in [5.74, 6) is 0.0711. The Morgan fingerprint density at radius 3 is 2.36 bits per heavy atom. The molecule has 7 nitrogen and oxygen atoms in total. The molecule has 0 saturated heterocycles. The second-order valence-corrected chi connectivity index (χ2v) is 6.93. The van der Waals surface area contributed by atoms with Gasteiger partial charge in [0.25, 0.3) is 5.91 Å². The van der Waals surface area contributed by atoms with Gasteiger partial charge in [0.05, 0.1) is 6.54 Å². The largest absolute Gasteiger partial charge is 0.348 e. The van der Waals surface area contributed by atoms with E-state index in [9.17, 15) is 9.59 Å². The molecule has 0 bridgehead atoms. The highest BCUT2D eigenvalue weighted by atomic mass is 16.2. The van der Waals surface area contributed by atoms with E-state index in [1.54, 1.807) is 35.3 Å². The minimum atomic E-state index is -0.147. The average molecular weight is 375 g/mol. The second-order valence-electron chi connectivity index (χ2n) is 6.93. The number of amides is 2. The lowest BCUT2D eigenvalue weighted by Gasteiger charge is -2.08. The first-order valence-electron chi connectivity index (χ1n) is 9.27. The number of hydrogen-bond donors (Lipinski definition) is 2. The fraction of sp³-hybridized carbons (Fsp3) is 0.238. The van der Waals surface area contributed by atoms with Crippen molar-refractivity contribution in [1.82, 2.24) is 20.1 Å². The van der Waals surface area contributed by atoms with Crippen molar-refractivity contribution in [2.24, 2.45) is 5.92 Å². The standard InChI is InChI=1S/C21H21N5O2/c27-20(17-7-9-19(10-8-17)25-21(28)18-5-6-18)23-11-15-1-3-16(4-2-15)12-26-14-22-13-24-26/h1-4,7-10,13-14,18H,5-6,11-12H2,(H,23,27)(H,25,28). The van der Waals surface area contributed by atoms with Crippen LogP contribution in [0.4, 0.5) is 5.69 Å². The zero-order valence-corrected chi connectivity index (χ0v) is 15.3. The normalized spacial score (nSPS) is 13.1. The van der Waals surface area contributed by atoms with E-state index in [2.05, 4.69) is 20.7 Å². The van der Waals surface area contributed by atoms with Gasteiger partial charge in [-0.3, -0.25) is 9.59 Å². The number of carbonyl (C=O) groups is 2. The summed E-state index contributed by atoms with van der Waals surface area (Å²) in [5, 5.41) is 9.87. The van der Waals surface area contributed by atoms with Crippen molar-refractivity contribution < 1.29 is 9.59 Å². The van der Waals surface area contributed by atoms with Gasteiger partial charge in [-0.05, 0) is 48.2 Å². The van der Waals surface area contributed by atoms with E-state index < -0.39 is 0 Å². The molecular weight excluding hydrogens is 354 g/mol. The molecule has 142 valence electrons. The summed E-state index contributed by atoms with van der Waals surface area (Å²) in [5.41, 5.74) is 3.41. The molecule has 2 amide bonds.